The molecule has 14 atom stereocenters. The first-order valence-electron chi connectivity index (χ1n) is 28.3. The van der Waals surface area contributed by atoms with Gasteiger partial charge in [0.25, 0.3) is 5.91 Å². The van der Waals surface area contributed by atoms with E-state index >= 15 is 0 Å². The van der Waals surface area contributed by atoms with Crippen LogP contribution in [-0.2, 0) is 47.4 Å². The predicted molar refractivity (Wildman–Crippen MR) is 302 cm³/mol. The van der Waals surface area contributed by atoms with Gasteiger partial charge >= 0.3 is 36.6 Å². The molecule has 7 amide bonds. The van der Waals surface area contributed by atoms with E-state index in [-0.39, 0.29) is 44.0 Å². The lowest BCUT2D eigenvalue weighted by molar-refractivity contribution is -0.305. The van der Waals surface area contributed by atoms with Crippen LogP contribution in [-0.4, -0.2) is 219 Å². The van der Waals surface area contributed by atoms with Crippen molar-refractivity contribution in [3.63, 3.8) is 0 Å². The highest BCUT2D eigenvalue weighted by Gasteiger charge is 2.57. The standard InChI is InChI=1S/C56H96N8O20/c1-29(2)77-46(70)61-33-21-20-32(25-57-24-31-22-30(59-47(71)81-52(6,7)8)27-64(31)50(74)84-55(15,16)17)78-40(33)37-34(62-48(72)82-53(9,10)11)23-35(60-43(68)36(65)26-58-45(69)80-51(3,4)5)41(38(37)66)79-44-39(67)42(56(18,75)28-76-44)63(19)49(73)83-54(12,13)14/h20,30-31,33-42,44,57,65-67,75H,1,21-28H2,2-19H3,(H,58,69)(H,59,71)(H,60,68)(H,61,70)(H,62,72)/t30-,31-,33+,34-,35+,36-,37?,38-,39+,40-,41-,42+,44+,56-/m0/s1. The van der Waals surface area contributed by atoms with E-state index < -0.39 is 168 Å². The molecule has 0 aromatic heterocycles. The van der Waals surface area contributed by atoms with Gasteiger partial charge in [0.1, 0.15) is 63.8 Å². The molecular formula is C56H96N8O20. The fourth-order valence-corrected chi connectivity index (χ4v) is 10.0. The lowest BCUT2D eigenvalue weighted by atomic mass is 9.72. The number of allylic oxidation sites excluding steroid dienone is 1. The molecule has 0 aromatic carbocycles. The topological polar surface area (TPSA) is 362 Å². The van der Waals surface area contributed by atoms with Gasteiger partial charge in [0, 0.05) is 38.1 Å². The van der Waals surface area contributed by atoms with Gasteiger partial charge in [-0.1, -0.05) is 6.58 Å². The second kappa shape index (κ2) is 28.1. The summed E-state index contributed by atoms with van der Waals surface area (Å²) in [6.07, 6.45) is -13.9. The summed E-state index contributed by atoms with van der Waals surface area (Å²) >= 11 is 0. The molecule has 480 valence electrons. The first kappa shape index (κ1) is 70.6. The van der Waals surface area contributed by atoms with Gasteiger partial charge in [-0.3, -0.25) is 4.79 Å². The molecule has 28 nitrogen and oxygen atoms in total. The van der Waals surface area contributed by atoms with E-state index in [0.717, 1.165) is 4.90 Å². The molecule has 4 aliphatic rings. The van der Waals surface area contributed by atoms with Crippen molar-refractivity contribution in [2.45, 2.75) is 244 Å². The fraction of sp³-hybridized carbons (Fsp3) is 0.804. The molecule has 10 N–H and O–H groups in total. The summed E-state index contributed by atoms with van der Waals surface area (Å²) in [6.45, 7) is 30.5. The Morgan fingerprint density at radius 3 is 1.86 bits per heavy atom. The number of rotatable bonds is 16. The minimum absolute atomic E-state index is 0.0162. The van der Waals surface area contributed by atoms with Gasteiger partial charge in [0.05, 0.1) is 55.7 Å². The number of carbonyl (C=O) groups excluding carboxylic acids is 7. The maximum absolute atomic E-state index is 14.0. The monoisotopic (exact) mass is 1200 g/mol. The first-order chi connectivity index (χ1) is 38.3. The van der Waals surface area contributed by atoms with E-state index in [2.05, 4.69) is 38.5 Å². The van der Waals surface area contributed by atoms with Crippen molar-refractivity contribution in [2.75, 3.05) is 39.8 Å². The van der Waals surface area contributed by atoms with Gasteiger partial charge in [-0.05, 0) is 143 Å². The summed E-state index contributed by atoms with van der Waals surface area (Å²) in [5.41, 5.74) is -6.51. The zero-order valence-corrected chi connectivity index (χ0v) is 52.2. The molecule has 0 aromatic rings. The van der Waals surface area contributed by atoms with E-state index in [0.29, 0.717) is 6.42 Å². The third kappa shape index (κ3) is 22.2. The number of hydrogen-bond donors (Lipinski definition) is 10. The lowest BCUT2D eigenvalue weighted by Crippen LogP contribution is -2.71. The smallest absolute Gasteiger partial charge is 0.412 e. The maximum atomic E-state index is 14.0. The highest BCUT2D eigenvalue weighted by atomic mass is 16.7. The second-order valence-electron chi connectivity index (χ2n) is 27.1. The molecule has 28 heteroatoms. The molecule has 2 saturated heterocycles. The molecule has 3 aliphatic heterocycles. The molecule has 0 radical (unpaired) electrons. The van der Waals surface area contributed by atoms with Crippen molar-refractivity contribution < 1.29 is 96.6 Å². The van der Waals surface area contributed by atoms with Crippen LogP contribution in [0, 0.1) is 5.92 Å². The number of ether oxygens (including phenoxy) is 9. The Balaban J connectivity index is 1.80. The number of likely N-dealkylation sites (tertiary alicyclic amines) is 1. The molecule has 0 spiro atoms. The molecular weight excluding hydrogens is 1100 g/mol. The maximum Gasteiger partial charge on any atom is 0.412 e. The van der Waals surface area contributed by atoms with Crippen LogP contribution in [0.15, 0.2) is 24.2 Å². The normalized spacial score (nSPS) is 28.8. The molecule has 3 fully saturated rings. The van der Waals surface area contributed by atoms with Crippen molar-refractivity contribution in [3.05, 3.63) is 24.2 Å². The molecule has 3 heterocycles. The van der Waals surface area contributed by atoms with Crippen LogP contribution >= 0.6 is 0 Å². The number of carbonyl (C=O) groups is 7. The average molecular weight is 1200 g/mol. The summed E-state index contributed by atoms with van der Waals surface area (Å²) in [6, 6.07) is -6.25. The molecule has 1 unspecified atom stereocenters. The van der Waals surface area contributed by atoms with Gasteiger partial charge in [-0.25, -0.2) is 28.8 Å². The van der Waals surface area contributed by atoms with Gasteiger partial charge in [0.2, 0.25) is 0 Å². The Labute approximate surface area is 493 Å². The van der Waals surface area contributed by atoms with Gasteiger partial charge in [-0.15, -0.1) is 0 Å². The van der Waals surface area contributed by atoms with E-state index in [1.165, 1.54) is 25.8 Å². The predicted octanol–water partition coefficient (Wildman–Crippen LogP) is 3.51. The Morgan fingerprint density at radius 2 is 1.30 bits per heavy atom. The number of hydrogen-bond acceptors (Lipinski definition) is 21. The minimum atomic E-state index is -1.94. The van der Waals surface area contributed by atoms with Crippen molar-refractivity contribution in [2.24, 2.45) is 5.92 Å². The van der Waals surface area contributed by atoms with Crippen LogP contribution in [0.4, 0.5) is 28.8 Å². The summed E-state index contributed by atoms with van der Waals surface area (Å²) in [7, 11) is 1.30. The van der Waals surface area contributed by atoms with Crippen LogP contribution in [0.25, 0.3) is 0 Å². The van der Waals surface area contributed by atoms with Crippen LogP contribution in [0.5, 0.6) is 0 Å². The van der Waals surface area contributed by atoms with E-state index in [1.54, 1.807) is 110 Å². The number of nitrogens with one attached hydrogen (secondary N) is 6. The molecule has 1 saturated carbocycles. The van der Waals surface area contributed by atoms with Crippen LogP contribution in [0.2, 0.25) is 0 Å². The summed E-state index contributed by atoms with van der Waals surface area (Å²) < 4.78 is 52.3. The SMILES string of the molecule is C=C(C)OC(=O)N[C@@H]1CC=C(CNC[C@@H]2C[C@H](NC(=O)OC(C)(C)C)CN2C(=O)OC(C)(C)C)O[C@@H]1C1[C@@H](NC(=O)OC(C)(C)C)C[C@@H](NC(=O)[C@@H](O)CNC(=O)OC(C)(C)C)[C@H](O[C@H]2OC[C@](C)(O)[C@H](N(C)C(=O)OC(C)(C)C)[C@H]2O)[C@H]1O. The van der Waals surface area contributed by atoms with E-state index in [9.17, 15) is 54.0 Å². The third-order valence-electron chi connectivity index (χ3n) is 13.1. The van der Waals surface area contributed by atoms with E-state index in [4.69, 9.17) is 42.6 Å². The zero-order valence-electron chi connectivity index (χ0n) is 52.2. The second-order valence-corrected chi connectivity index (χ2v) is 27.1. The number of aliphatic hydroxyl groups excluding tert-OH is 3. The molecule has 1 aliphatic carbocycles. The Morgan fingerprint density at radius 1 is 0.750 bits per heavy atom. The van der Waals surface area contributed by atoms with Crippen LogP contribution in [0.1, 0.15) is 137 Å². The molecule has 4 rings (SSSR count). The summed E-state index contributed by atoms with van der Waals surface area (Å²) in [4.78, 5) is 96.4. The van der Waals surface area contributed by atoms with Crippen molar-refractivity contribution in [3.8, 4) is 0 Å². The zero-order chi connectivity index (χ0) is 63.8. The largest absolute Gasteiger partial charge is 0.491 e. The number of likely N-dealkylation sites (N-methyl/N-ethyl adjacent to an activating group) is 1. The minimum Gasteiger partial charge on any atom is -0.491 e. The third-order valence-corrected chi connectivity index (χ3v) is 13.1. The van der Waals surface area contributed by atoms with Crippen molar-refractivity contribution >= 4 is 42.5 Å². The Hall–Kier alpha value is -5.91. The van der Waals surface area contributed by atoms with Crippen LogP contribution in [0.3, 0.4) is 0 Å². The fourth-order valence-electron chi connectivity index (χ4n) is 10.0. The Kier molecular flexibility index (Phi) is 23.6. The number of amides is 7. The number of aliphatic hydroxyl groups is 4. The van der Waals surface area contributed by atoms with Crippen molar-refractivity contribution in [1.82, 2.24) is 41.7 Å². The highest BCUT2D eigenvalue weighted by molar-refractivity contribution is 5.82. The van der Waals surface area contributed by atoms with Gasteiger partial charge < -0.3 is 105 Å². The molecule has 84 heavy (non-hydrogen) atoms. The highest BCUT2D eigenvalue weighted by Crippen LogP contribution is 2.39. The summed E-state index contributed by atoms with van der Waals surface area (Å²) in [5.74, 6) is -2.15. The Bertz CT molecular complexity index is 2350. The van der Waals surface area contributed by atoms with Gasteiger partial charge in [0.15, 0.2) is 6.29 Å². The van der Waals surface area contributed by atoms with E-state index in [1.807, 2.05) is 0 Å². The van der Waals surface area contributed by atoms with Crippen LogP contribution < -0.4 is 31.9 Å². The first-order valence-corrected chi connectivity index (χ1v) is 28.3. The quantitative estimate of drug-likeness (QED) is 0.0780. The average Bonchev–Trinajstić information content (AvgIpc) is 2.16. The molecule has 0 bridgehead atoms. The summed E-state index contributed by atoms with van der Waals surface area (Å²) in [5, 5.41) is 64.7. The van der Waals surface area contributed by atoms with Crippen molar-refractivity contribution in [1.29, 1.82) is 0 Å². The number of alkyl carbamates (subject to hydrolysis) is 4. The number of nitrogens with zero attached hydrogens (tertiary/aromatic N) is 2. The van der Waals surface area contributed by atoms with Gasteiger partial charge in [-0.2, -0.15) is 0 Å². The lowest BCUT2D eigenvalue weighted by Gasteiger charge is -2.52.